The maximum absolute atomic E-state index is 13.4. The summed E-state index contributed by atoms with van der Waals surface area (Å²) in [5.74, 6) is -0.237. The second-order valence-electron chi connectivity index (χ2n) is 8.71. The molecule has 4 aromatic rings. The molecule has 0 fully saturated rings. The van der Waals surface area contributed by atoms with Gasteiger partial charge in [0.25, 0.3) is 11.8 Å². The molecule has 0 aliphatic carbocycles. The molecular weight excluding hydrogens is 560 g/mol. The zero-order chi connectivity index (χ0) is 29.2. The van der Waals surface area contributed by atoms with Crippen molar-refractivity contribution < 1.29 is 19.1 Å². The van der Waals surface area contributed by atoms with Crippen LogP contribution in [0, 0.1) is 0 Å². The van der Waals surface area contributed by atoms with Crippen LogP contribution >= 0.6 is 23.4 Å². The fraction of sp³-hybridized carbons (Fsp3) is 0.0968. The number of amides is 3. The third kappa shape index (κ3) is 8.44. The number of pyridine rings is 1. The molecule has 8 nitrogen and oxygen atoms in total. The summed E-state index contributed by atoms with van der Waals surface area (Å²) in [4.78, 5) is 43.9. The number of carbonyl (C=O) groups excluding carboxylic acids is 3. The summed E-state index contributed by atoms with van der Waals surface area (Å²) < 4.78 is 5.41. The molecule has 0 saturated heterocycles. The number of ether oxygens (including phenoxy) is 1. The maximum atomic E-state index is 13.4. The van der Waals surface area contributed by atoms with E-state index in [2.05, 4.69) is 20.9 Å². The number of hydrogen-bond acceptors (Lipinski definition) is 6. The lowest BCUT2D eigenvalue weighted by Crippen LogP contribution is -2.30. The van der Waals surface area contributed by atoms with Crippen LogP contribution in [0.4, 0.5) is 11.5 Å². The van der Waals surface area contributed by atoms with Crippen LogP contribution in [0.2, 0.25) is 5.02 Å². The van der Waals surface area contributed by atoms with E-state index in [1.165, 1.54) is 25.1 Å². The van der Waals surface area contributed by atoms with Gasteiger partial charge in [-0.2, -0.15) is 0 Å². The number of hydrogen-bond donors (Lipinski definition) is 3. The van der Waals surface area contributed by atoms with Crippen LogP contribution in [0.1, 0.15) is 22.8 Å². The number of carbonyl (C=O) groups is 3. The average Bonchev–Trinajstić information content (AvgIpc) is 2.98. The summed E-state index contributed by atoms with van der Waals surface area (Å²) in [5.41, 5.74) is 1.55. The number of halogens is 1. The quantitative estimate of drug-likeness (QED) is 0.149. The van der Waals surface area contributed by atoms with Crippen molar-refractivity contribution in [3.05, 3.63) is 119 Å². The minimum atomic E-state index is -0.526. The van der Waals surface area contributed by atoms with Crippen LogP contribution < -0.4 is 20.7 Å². The van der Waals surface area contributed by atoms with E-state index in [9.17, 15) is 14.4 Å². The van der Waals surface area contributed by atoms with Crippen molar-refractivity contribution in [2.24, 2.45) is 0 Å². The summed E-state index contributed by atoms with van der Waals surface area (Å²) in [5, 5.41) is 8.35. The first-order chi connectivity index (χ1) is 19.8. The van der Waals surface area contributed by atoms with Gasteiger partial charge in [-0.05, 0) is 61.5 Å². The van der Waals surface area contributed by atoms with Gasteiger partial charge in [-0.15, -0.1) is 11.8 Å². The molecule has 41 heavy (non-hydrogen) atoms. The van der Waals surface area contributed by atoms with E-state index in [1.54, 1.807) is 85.8 Å². The number of nitrogens with one attached hydrogen (secondary N) is 3. The third-order valence-electron chi connectivity index (χ3n) is 5.72. The molecule has 0 radical (unpaired) electrons. The van der Waals surface area contributed by atoms with Crippen LogP contribution in [0.25, 0.3) is 6.08 Å². The molecule has 0 bridgehead atoms. The minimum absolute atomic E-state index is 0.0321. The standard InChI is InChI=1S/C31H27ClN4O4S/c1-20(29(37)36-28-16-15-23(32)19-33-28)41-25-13-8-12-24(18-25)34-31(39)26(17-22-11-6-7-14-27(22)40-2)35-30(38)21-9-4-3-5-10-21/h3-20H,1-2H3,(H,34,39)(H,35,38)(H,33,36,37)/b26-17+. The monoisotopic (exact) mass is 586 g/mol. The molecule has 0 aliphatic rings. The van der Waals surface area contributed by atoms with Gasteiger partial charge in [-0.3, -0.25) is 14.4 Å². The zero-order valence-electron chi connectivity index (χ0n) is 22.3. The average molecular weight is 587 g/mol. The molecule has 3 aromatic carbocycles. The summed E-state index contributed by atoms with van der Waals surface area (Å²) in [7, 11) is 1.53. The summed E-state index contributed by atoms with van der Waals surface area (Å²) >= 11 is 7.18. The second-order valence-corrected chi connectivity index (χ2v) is 10.6. The zero-order valence-corrected chi connectivity index (χ0v) is 23.8. The molecule has 10 heteroatoms. The molecule has 3 N–H and O–H groups in total. The lowest BCUT2D eigenvalue weighted by Gasteiger charge is -2.14. The molecule has 3 amide bonds. The molecule has 0 aliphatic heterocycles. The van der Waals surface area contributed by atoms with Crippen molar-refractivity contribution in [1.82, 2.24) is 10.3 Å². The highest BCUT2D eigenvalue weighted by molar-refractivity contribution is 8.00. The van der Waals surface area contributed by atoms with Crippen molar-refractivity contribution in [2.75, 3.05) is 17.7 Å². The molecular formula is C31H27ClN4O4S. The summed E-state index contributed by atoms with van der Waals surface area (Å²) in [6, 6.07) is 26.2. The fourth-order valence-corrected chi connectivity index (χ4v) is 4.70. The first kappa shape index (κ1) is 29.4. The Morgan fingerprint density at radius 3 is 2.41 bits per heavy atom. The Morgan fingerprint density at radius 2 is 1.68 bits per heavy atom. The van der Waals surface area contributed by atoms with E-state index < -0.39 is 17.1 Å². The number of para-hydroxylation sites is 1. The summed E-state index contributed by atoms with van der Waals surface area (Å²) in [6.07, 6.45) is 3.02. The number of thioether (sulfide) groups is 1. The van der Waals surface area contributed by atoms with Crippen molar-refractivity contribution in [2.45, 2.75) is 17.1 Å². The first-order valence-corrected chi connectivity index (χ1v) is 13.8. The Kier molecular flexibility index (Phi) is 10.1. The first-order valence-electron chi connectivity index (χ1n) is 12.5. The lowest BCUT2D eigenvalue weighted by atomic mass is 10.1. The third-order valence-corrected chi connectivity index (χ3v) is 7.04. The van der Waals surface area contributed by atoms with E-state index in [0.717, 1.165) is 4.90 Å². The van der Waals surface area contributed by atoms with E-state index in [0.29, 0.717) is 33.4 Å². The SMILES string of the molecule is COc1ccccc1/C=C(/NC(=O)c1ccccc1)C(=O)Nc1cccc(SC(C)C(=O)Nc2ccc(Cl)cn2)c1. The second kappa shape index (κ2) is 14.2. The van der Waals surface area contributed by atoms with Crippen molar-refractivity contribution in [3.63, 3.8) is 0 Å². The van der Waals surface area contributed by atoms with Gasteiger partial charge in [-0.1, -0.05) is 54.1 Å². The van der Waals surface area contributed by atoms with Crippen molar-refractivity contribution in [1.29, 1.82) is 0 Å². The molecule has 1 heterocycles. The van der Waals surface area contributed by atoms with Gasteiger partial charge in [0.1, 0.15) is 17.3 Å². The topological polar surface area (TPSA) is 109 Å². The Bertz CT molecular complexity index is 1560. The number of anilines is 2. The molecule has 208 valence electrons. The van der Waals surface area contributed by atoms with Gasteiger partial charge in [-0.25, -0.2) is 4.98 Å². The van der Waals surface area contributed by atoms with Crippen LogP contribution in [0.3, 0.4) is 0 Å². The highest BCUT2D eigenvalue weighted by atomic mass is 35.5. The van der Waals surface area contributed by atoms with Crippen LogP contribution in [0.15, 0.2) is 108 Å². The van der Waals surface area contributed by atoms with Gasteiger partial charge in [0.15, 0.2) is 0 Å². The minimum Gasteiger partial charge on any atom is -0.496 e. The Labute approximate surface area is 247 Å². The molecule has 0 saturated carbocycles. The van der Waals surface area contributed by atoms with E-state index in [4.69, 9.17) is 16.3 Å². The molecule has 1 aromatic heterocycles. The number of benzene rings is 3. The van der Waals surface area contributed by atoms with E-state index in [1.807, 2.05) is 18.2 Å². The molecule has 1 atom stereocenters. The van der Waals surface area contributed by atoms with Gasteiger partial charge >= 0.3 is 0 Å². The van der Waals surface area contributed by atoms with Crippen LogP contribution in [-0.4, -0.2) is 35.1 Å². The summed E-state index contributed by atoms with van der Waals surface area (Å²) in [6.45, 7) is 1.77. The number of rotatable bonds is 10. The van der Waals surface area contributed by atoms with Crippen molar-refractivity contribution in [3.8, 4) is 5.75 Å². The smallest absolute Gasteiger partial charge is 0.272 e. The fourth-order valence-electron chi connectivity index (χ4n) is 3.66. The normalized spacial score (nSPS) is 11.7. The van der Waals surface area contributed by atoms with Crippen LogP contribution in [0.5, 0.6) is 5.75 Å². The number of nitrogens with zero attached hydrogens (tertiary/aromatic N) is 1. The Balaban J connectivity index is 1.50. The molecule has 0 spiro atoms. The largest absolute Gasteiger partial charge is 0.496 e. The van der Waals surface area contributed by atoms with Crippen molar-refractivity contribution >= 4 is 58.7 Å². The lowest BCUT2D eigenvalue weighted by molar-refractivity contribution is -0.115. The highest BCUT2D eigenvalue weighted by Gasteiger charge is 2.18. The highest BCUT2D eigenvalue weighted by Crippen LogP contribution is 2.27. The van der Waals surface area contributed by atoms with Crippen LogP contribution in [-0.2, 0) is 9.59 Å². The van der Waals surface area contributed by atoms with Gasteiger partial charge < -0.3 is 20.7 Å². The molecule has 4 rings (SSSR count). The maximum Gasteiger partial charge on any atom is 0.272 e. The van der Waals surface area contributed by atoms with Gasteiger partial charge in [0, 0.05) is 27.9 Å². The molecule has 1 unspecified atom stereocenters. The van der Waals surface area contributed by atoms with Gasteiger partial charge in [0.2, 0.25) is 5.91 Å². The number of methoxy groups -OCH3 is 1. The van der Waals surface area contributed by atoms with E-state index in [-0.39, 0.29) is 11.6 Å². The predicted octanol–water partition coefficient (Wildman–Crippen LogP) is 6.27. The van der Waals surface area contributed by atoms with Gasteiger partial charge in [0.05, 0.1) is 17.4 Å². The van der Waals surface area contributed by atoms with E-state index >= 15 is 0 Å². The number of aromatic nitrogens is 1. The Hall–Kier alpha value is -4.60. The predicted molar refractivity (Wildman–Crippen MR) is 163 cm³/mol. The Morgan fingerprint density at radius 1 is 0.927 bits per heavy atom.